The number of ketones is 1. The molecule has 2 N–H and O–H groups in total. The second-order valence-electron chi connectivity index (χ2n) is 3.79. The maximum atomic E-state index is 11.9. The van der Waals surface area contributed by atoms with Crippen molar-refractivity contribution in [3.05, 3.63) is 52.0 Å². The summed E-state index contributed by atoms with van der Waals surface area (Å²) in [6.45, 7) is 0.367. The standard InChI is InChI=1S/C13H14N2OS/c14-8-12-7-11(3-5-15-12)13(16)2-1-10-4-6-17-9-10/h3-7,9H,1-2,8,14H2. The van der Waals surface area contributed by atoms with Crippen LogP contribution in [0.3, 0.4) is 0 Å². The molecule has 0 atom stereocenters. The number of nitrogens with two attached hydrogens (primary N) is 1. The van der Waals surface area contributed by atoms with E-state index in [1.54, 1.807) is 29.7 Å². The van der Waals surface area contributed by atoms with E-state index < -0.39 is 0 Å². The summed E-state index contributed by atoms with van der Waals surface area (Å²) in [5.41, 5.74) is 8.18. The summed E-state index contributed by atoms with van der Waals surface area (Å²) >= 11 is 1.66. The monoisotopic (exact) mass is 246 g/mol. The number of rotatable bonds is 5. The first-order valence-electron chi connectivity index (χ1n) is 5.49. The lowest BCUT2D eigenvalue weighted by Crippen LogP contribution is -2.05. The Labute approximate surface area is 104 Å². The van der Waals surface area contributed by atoms with Crippen LogP contribution in [0, 0.1) is 0 Å². The predicted molar refractivity (Wildman–Crippen MR) is 69.1 cm³/mol. The van der Waals surface area contributed by atoms with Crippen LogP contribution in [-0.2, 0) is 13.0 Å². The number of aromatic nitrogens is 1. The van der Waals surface area contributed by atoms with E-state index in [0.717, 1.165) is 12.1 Å². The van der Waals surface area contributed by atoms with Gasteiger partial charge in [0.05, 0.1) is 5.69 Å². The van der Waals surface area contributed by atoms with Crippen LogP contribution in [0.5, 0.6) is 0 Å². The molecule has 0 aliphatic carbocycles. The number of nitrogens with zero attached hydrogens (tertiary/aromatic N) is 1. The van der Waals surface area contributed by atoms with Crippen LogP contribution in [0.2, 0.25) is 0 Å². The van der Waals surface area contributed by atoms with Gasteiger partial charge in [0, 0.05) is 24.7 Å². The van der Waals surface area contributed by atoms with E-state index >= 15 is 0 Å². The fourth-order valence-corrected chi connectivity index (χ4v) is 2.30. The SMILES string of the molecule is NCc1cc(C(=O)CCc2ccsc2)ccn1. The Morgan fingerprint density at radius 1 is 1.41 bits per heavy atom. The van der Waals surface area contributed by atoms with Crippen molar-refractivity contribution in [3.8, 4) is 0 Å². The first-order valence-corrected chi connectivity index (χ1v) is 6.43. The highest BCUT2D eigenvalue weighted by Gasteiger charge is 2.07. The highest BCUT2D eigenvalue weighted by molar-refractivity contribution is 7.07. The van der Waals surface area contributed by atoms with Crippen molar-refractivity contribution in [2.75, 3.05) is 0 Å². The third-order valence-electron chi connectivity index (χ3n) is 2.57. The van der Waals surface area contributed by atoms with Gasteiger partial charge in [-0.1, -0.05) is 0 Å². The number of hydrogen-bond acceptors (Lipinski definition) is 4. The maximum Gasteiger partial charge on any atom is 0.163 e. The molecule has 17 heavy (non-hydrogen) atoms. The normalized spacial score (nSPS) is 10.4. The Bertz CT molecular complexity index is 494. The zero-order valence-corrected chi connectivity index (χ0v) is 10.2. The maximum absolute atomic E-state index is 11.9. The van der Waals surface area contributed by atoms with E-state index in [0.29, 0.717) is 18.5 Å². The molecule has 3 nitrogen and oxygen atoms in total. The molecule has 2 rings (SSSR count). The van der Waals surface area contributed by atoms with Crippen LogP contribution in [-0.4, -0.2) is 10.8 Å². The molecule has 0 aliphatic rings. The molecule has 0 amide bonds. The van der Waals surface area contributed by atoms with Crippen LogP contribution in [0.15, 0.2) is 35.2 Å². The molecule has 2 heterocycles. The van der Waals surface area contributed by atoms with Gasteiger partial charge in [0.2, 0.25) is 0 Å². The third-order valence-corrected chi connectivity index (χ3v) is 3.30. The molecule has 0 fully saturated rings. The van der Waals surface area contributed by atoms with Crippen molar-refractivity contribution < 1.29 is 4.79 Å². The topological polar surface area (TPSA) is 56.0 Å². The number of hydrogen-bond donors (Lipinski definition) is 1. The molecule has 0 saturated heterocycles. The first-order chi connectivity index (χ1) is 8.29. The third kappa shape index (κ3) is 3.22. The summed E-state index contributed by atoms with van der Waals surface area (Å²) in [5, 5.41) is 4.10. The second kappa shape index (κ2) is 5.70. The molecule has 0 saturated carbocycles. The number of aryl methyl sites for hydroxylation is 1. The molecule has 0 aromatic carbocycles. The largest absolute Gasteiger partial charge is 0.325 e. The highest BCUT2D eigenvalue weighted by Crippen LogP contribution is 2.11. The molecule has 88 valence electrons. The fourth-order valence-electron chi connectivity index (χ4n) is 1.60. The van der Waals surface area contributed by atoms with Gasteiger partial charge in [-0.15, -0.1) is 0 Å². The summed E-state index contributed by atoms with van der Waals surface area (Å²) in [7, 11) is 0. The van der Waals surface area contributed by atoms with Gasteiger partial charge in [0.15, 0.2) is 5.78 Å². The van der Waals surface area contributed by atoms with Gasteiger partial charge < -0.3 is 5.73 Å². The van der Waals surface area contributed by atoms with Crippen molar-refractivity contribution in [2.45, 2.75) is 19.4 Å². The Hall–Kier alpha value is -1.52. The van der Waals surface area contributed by atoms with Crippen molar-refractivity contribution in [2.24, 2.45) is 5.73 Å². The molecule has 0 bridgehead atoms. The Morgan fingerprint density at radius 2 is 2.29 bits per heavy atom. The second-order valence-corrected chi connectivity index (χ2v) is 4.57. The van der Waals surface area contributed by atoms with E-state index in [9.17, 15) is 4.79 Å². The lowest BCUT2D eigenvalue weighted by Gasteiger charge is -2.02. The van der Waals surface area contributed by atoms with Gasteiger partial charge in [0.1, 0.15) is 0 Å². The zero-order valence-electron chi connectivity index (χ0n) is 9.43. The molecule has 0 aliphatic heterocycles. The fraction of sp³-hybridized carbons (Fsp3) is 0.231. The van der Waals surface area contributed by atoms with Crippen LogP contribution < -0.4 is 5.73 Å². The highest BCUT2D eigenvalue weighted by atomic mass is 32.1. The molecule has 4 heteroatoms. The summed E-state index contributed by atoms with van der Waals surface area (Å²) in [4.78, 5) is 16.0. The molecular formula is C13H14N2OS. The minimum atomic E-state index is 0.147. The number of pyridine rings is 1. The minimum Gasteiger partial charge on any atom is -0.325 e. The van der Waals surface area contributed by atoms with E-state index in [4.69, 9.17) is 5.73 Å². The number of carbonyl (C=O) groups is 1. The number of thiophene rings is 1. The molecule has 0 unspecified atom stereocenters. The molecule has 2 aromatic rings. The van der Waals surface area contributed by atoms with Gasteiger partial charge in [-0.3, -0.25) is 9.78 Å². The van der Waals surface area contributed by atoms with Crippen molar-refractivity contribution in [1.29, 1.82) is 0 Å². The Kier molecular flexibility index (Phi) is 4.01. The van der Waals surface area contributed by atoms with Gasteiger partial charge >= 0.3 is 0 Å². The Balaban J connectivity index is 1.99. The van der Waals surface area contributed by atoms with Crippen LogP contribution in [0.4, 0.5) is 0 Å². The lowest BCUT2D eigenvalue weighted by atomic mass is 10.0. The summed E-state index contributed by atoms with van der Waals surface area (Å²) in [6, 6.07) is 5.57. The zero-order chi connectivity index (χ0) is 12.1. The quantitative estimate of drug-likeness (QED) is 0.824. The van der Waals surface area contributed by atoms with Crippen molar-refractivity contribution in [3.63, 3.8) is 0 Å². The summed E-state index contributed by atoms with van der Waals surface area (Å²) < 4.78 is 0. The van der Waals surface area contributed by atoms with E-state index in [2.05, 4.69) is 16.4 Å². The van der Waals surface area contributed by atoms with Gasteiger partial charge in [-0.25, -0.2) is 0 Å². The minimum absolute atomic E-state index is 0.147. The first kappa shape index (κ1) is 12.0. The molecule has 0 spiro atoms. The van der Waals surface area contributed by atoms with E-state index in [1.807, 2.05) is 5.38 Å². The average Bonchev–Trinajstić information content (AvgIpc) is 2.89. The van der Waals surface area contributed by atoms with Gasteiger partial charge in [-0.2, -0.15) is 11.3 Å². The molecule has 2 aromatic heterocycles. The summed E-state index contributed by atoms with van der Waals surface area (Å²) in [6.07, 6.45) is 2.97. The average molecular weight is 246 g/mol. The smallest absolute Gasteiger partial charge is 0.163 e. The molecule has 0 radical (unpaired) electrons. The predicted octanol–water partition coefficient (Wildman–Crippen LogP) is 2.42. The summed E-state index contributed by atoms with van der Waals surface area (Å²) in [5.74, 6) is 0.147. The van der Waals surface area contributed by atoms with Crippen LogP contribution in [0.25, 0.3) is 0 Å². The Morgan fingerprint density at radius 3 is 3.00 bits per heavy atom. The lowest BCUT2D eigenvalue weighted by molar-refractivity contribution is 0.0982. The van der Waals surface area contributed by atoms with Crippen molar-refractivity contribution >= 4 is 17.1 Å². The number of carbonyl (C=O) groups excluding carboxylic acids is 1. The van der Waals surface area contributed by atoms with Gasteiger partial charge in [-0.05, 0) is 40.9 Å². The molecular weight excluding hydrogens is 232 g/mol. The van der Waals surface area contributed by atoms with Crippen LogP contribution in [0.1, 0.15) is 28.0 Å². The van der Waals surface area contributed by atoms with Gasteiger partial charge in [0.25, 0.3) is 0 Å². The number of Topliss-reactive ketones (excluding diaryl/α,β-unsaturated/α-hetero) is 1. The van der Waals surface area contributed by atoms with E-state index in [1.165, 1.54) is 5.56 Å². The van der Waals surface area contributed by atoms with Crippen LogP contribution >= 0.6 is 11.3 Å². The van der Waals surface area contributed by atoms with Crippen molar-refractivity contribution in [1.82, 2.24) is 4.98 Å². The van der Waals surface area contributed by atoms with E-state index in [-0.39, 0.29) is 5.78 Å².